The highest BCUT2D eigenvalue weighted by molar-refractivity contribution is 7.09. The van der Waals surface area contributed by atoms with Crippen LogP contribution < -0.4 is 5.32 Å². The molecule has 3 nitrogen and oxygen atoms in total. The lowest BCUT2D eigenvalue weighted by Crippen LogP contribution is -2.24. The topological polar surface area (TPSA) is 42.0 Å². The van der Waals surface area contributed by atoms with Gasteiger partial charge in [0.15, 0.2) is 0 Å². The predicted octanol–water partition coefficient (Wildman–Crippen LogP) is 2.37. The molecule has 0 aliphatic heterocycles. The van der Waals surface area contributed by atoms with Crippen molar-refractivity contribution in [3.63, 3.8) is 0 Å². The number of carbonyl (C=O) groups is 1. The van der Waals surface area contributed by atoms with Crippen molar-refractivity contribution in [1.82, 2.24) is 10.3 Å². The van der Waals surface area contributed by atoms with E-state index in [0.717, 1.165) is 16.3 Å². The molecule has 1 amide bonds. The lowest BCUT2D eigenvalue weighted by Gasteiger charge is -2.01. The van der Waals surface area contributed by atoms with Gasteiger partial charge in [0.2, 0.25) is 5.91 Å². The van der Waals surface area contributed by atoms with Crippen LogP contribution in [0.4, 0.5) is 0 Å². The molecule has 0 aliphatic carbocycles. The number of hydrogen-bond acceptors (Lipinski definition) is 4. The molecule has 0 bridgehead atoms. The van der Waals surface area contributed by atoms with E-state index in [2.05, 4.69) is 10.3 Å². The first-order valence-corrected chi connectivity index (χ1v) is 6.75. The zero-order valence-electron chi connectivity index (χ0n) is 8.90. The van der Waals surface area contributed by atoms with E-state index in [1.165, 1.54) is 0 Å². The Labute approximate surface area is 102 Å². The summed E-state index contributed by atoms with van der Waals surface area (Å²) in [5.41, 5.74) is 2.00. The van der Waals surface area contributed by atoms with Crippen molar-refractivity contribution >= 4 is 28.6 Å². The van der Waals surface area contributed by atoms with Crippen molar-refractivity contribution in [2.75, 3.05) is 0 Å². The highest BCUT2D eigenvalue weighted by Gasteiger charge is 2.04. The minimum absolute atomic E-state index is 0.0454. The van der Waals surface area contributed by atoms with Crippen molar-refractivity contribution in [1.29, 1.82) is 0 Å². The van der Waals surface area contributed by atoms with Gasteiger partial charge < -0.3 is 5.32 Å². The first kappa shape index (κ1) is 11.3. The van der Waals surface area contributed by atoms with Crippen molar-refractivity contribution < 1.29 is 4.79 Å². The van der Waals surface area contributed by atoms with Gasteiger partial charge in [-0.3, -0.25) is 4.79 Å². The van der Waals surface area contributed by atoms with E-state index in [9.17, 15) is 4.79 Å². The van der Waals surface area contributed by atoms with Gasteiger partial charge in [-0.15, -0.1) is 11.3 Å². The molecular weight excluding hydrogens is 240 g/mol. The zero-order valence-corrected chi connectivity index (χ0v) is 10.5. The molecule has 0 radical (unpaired) electrons. The minimum Gasteiger partial charge on any atom is -0.350 e. The quantitative estimate of drug-likeness (QED) is 0.907. The molecule has 0 aromatic carbocycles. The summed E-state index contributed by atoms with van der Waals surface area (Å²) < 4.78 is 0. The van der Waals surface area contributed by atoms with E-state index in [-0.39, 0.29) is 5.91 Å². The van der Waals surface area contributed by atoms with Crippen LogP contribution in [0.15, 0.2) is 22.2 Å². The summed E-state index contributed by atoms with van der Waals surface area (Å²) in [6.07, 6.45) is 0.451. The Hall–Kier alpha value is -1.20. The number of nitrogens with one attached hydrogen (secondary N) is 1. The van der Waals surface area contributed by atoms with E-state index < -0.39 is 0 Å². The number of thiazole rings is 1. The maximum atomic E-state index is 11.6. The average Bonchev–Trinajstić information content (AvgIpc) is 2.87. The fourth-order valence-corrected chi connectivity index (χ4v) is 2.60. The largest absolute Gasteiger partial charge is 0.350 e. The van der Waals surface area contributed by atoms with E-state index in [0.29, 0.717) is 13.0 Å². The second-order valence-electron chi connectivity index (χ2n) is 3.44. The molecule has 2 aromatic rings. The monoisotopic (exact) mass is 252 g/mol. The molecule has 1 N–H and O–H groups in total. The molecule has 2 aromatic heterocycles. The summed E-state index contributed by atoms with van der Waals surface area (Å²) in [5.74, 6) is 0.0454. The van der Waals surface area contributed by atoms with E-state index in [1.54, 1.807) is 22.7 Å². The van der Waals surface area contributed by atoms with Crippen LogP contribution in [0.5, 0.6) is 0 Å². The fourth-order valence-electron chi connectivity index (χ4n) is 1.32. The van der Waals surface area contributed by atoms with Crippen LogP contribution in [0.1, 0.15) is 16.3 Å². The Morgan fingerprint density at radius 3 is 3.00 bits per heavy atom. The number of aryl methyl sites for hydroxylation is 1. The van der Waals surface area contributed by atoms with Crippen LogP contribution in [-0.2, 0) is 17.8 Å². The smallest absolute Gasteiger partial charge is 0.224 e. The van der Waals surface area contributed by atoms with Gasteiger partial charge in [-0.25, -0.2) is 4.98 Å². The van der Waals surface area contributed by atoms with Crippen molar-refractivity contribution in [2.45, 2.75) is 19.9 Å². The molecule has 0 saturated heterocycles. The number of nitrogens with zero attached hydrogens (tertiary/aromatic N) is 1. The Morgan fingerprint density at radius 1 is 1.50 bits per heavy atom. The molecule has 84 valence electrons. The molecule has 5 heteroatoms. The van der Waals surface area contributed by atoms with Gasteiger partial charge >= 0.3 is 0 Å². The maximum absolute atomic E-state index is 11.6. The van der Waals surface area contributed by atoms with Crippen molar-refractivity contribution in [2.24, 2.45) is 0 Å². The lowest BCUT2D eigenvalue weighted by atomic mass is 10.2. The van der Waals surface area contributed by atoms with Crippen LogP contribution >= 0.6 is 22.7 Å². The summed E-state index contributed by atoms with van der Waals surface area (Å²) in [4.78, 5) is 15.8. The number of aromatic nitrogens is 1. The van der Waals surface area contributed by atoms with Crippen LogP contribution in [0.3, 0.4) is 0 Å². The average molecular weight is 252 g/mol. The van der Waals surface area contributed by atoms with Gasteiger partial charge in [0, 0.05) is 5.38 Å². The van der Waals surface area contributed by atoms with Gasteiger partial charge in [0.05, 0.1) is 23.7 Å². The first-order valence-electron chi connectivity index (χ1n) is 4.93. The molecule has 16 heavy (non-hydrogen) atoms. The molecule has 0 fully saturated rings. The summed E-state index contributed by atoms with van der Waals surface area (Å²) in [6.45, 7) is 2.48. The number of thiophene rings is 1. The maximum Gasteiger partial charge on any atom is 0.224 e. The van der Waals surface area contributed by atoms with E-state index in [4.69, 9.17) is 0 Å². The molecular formula is C11H12N2OS2. The Morgan fingerprint density at radius 2 is 2.38 bits per heavy atom. The van der Waals surface area contributed by atoms with Crippen LogP contribution in [0, 0.1) is 6.92 Å². The molecule has 0 aliphatic rings. The van der Waals surface area contributed by atoms with Gasteiger partial charge in [0.25, 0.3) is 0 Å². The molecule has 0 spiro atoms. The number of carbonyl (C=O) groups excluding carboxylic acids is 1. The summed E-state index contributed by atoms with van der Waals surface area (Å²) >= 11 is 3.21. The highest BCUT2D eigenvalue weighted by atomic mass is 32.1. The molecule has 0 saturated carbocycles. The molecule has 2 rings (SSSR count). The standard InChI is InChI=1S/C11H12N2OS2/c1-8-13-10(7-16-8)5-12-11(14)4-9-2-3-15-6-9/h2-3,6-7H,4-5H2,1H3,(H,12,14). The van der Waals surface area contributed by atoms with Gasteiger partial charge in [-0.05, 0) is 29.3 Å². The third kappa shape index (κ3) is 3.15. The molecule has 0 unspecified atom stereocenters. The summed E-state index contributed by atoms with van der Waals surface area (Å²) in [6, 6.07) is 1.97. The second kappa shape index (κ2) is 5.23. The Kier molecular flexibility index (Phi) is 3.69. The van der Waals surface area contributed by atoms with Crippen LogP contribution in [0.25, 0.3) is 0 Å². The third-order valence-corrected chi connectivity index (χ3v) is 3.63. The number of rotatable bonds is 4. The normalized spacial score (nSPS) is 10.3. The van der Waals surface area contributed by atoms with Gasteiger partial charge in [-0.1, -0.05) is 0 Å². The van der Waals surface area contributed by atoms with E-state index in [1.807, 2.05) is 29.1 Å². The Bertz CT molecular complexity index is 462. The fraction of sp³-hybridized carbons (Fsp3) is 0.273. The third-order valence-electron chi connectivity index (χ3n) is 2.08. The van der Waals surface area contributed by atoms with Crippen LogP contribution in [0.2, 0.25) is 0 Å². The zero-order chi connectivity index (χ0) is 11.4. The van der Waals surface area contributed by atoms with Gasteiger partial charge in [-0.2, -0.15) is 11.3 Å². The number of hydrogen-bond donors (Lipinski definition) is 1. The van der Waals surface area contributed by atoms with E-state index >= 15 is 0 Å². The Balaban J connectivity index is 1.80. The second-order valence-corrected chi connectivity index (χ2v) is 5.29. The SMILES string of the molecule is Cc1nc(CNC(=O)Cc2ccsc2)cs1. The van der Waals surface area contributed by atoms with Crippen molar-refractivity contribution in [3.05, 3.63) is 38.5 Å². The minimum atomic E-state index is 0.0454. The molecule has 0 atom stereocenters. The summed E-state index contributed by atoms with van der Waals surface area (Å²) in [7, 11) is 0. The molecule has 2 heterocycles. The summed E-state index contributed by atoms with van der Waals surface area (Å²) in [5, 5.41) is 9.83. The van der Waals surface area contributed by atoms with Crippen molar-refractivity contribution in [3.8, 4) is 0 Å². The lowest BCUT2D eigenvalue weighted by molar-refractivity contribution is -0.120. The predicted molar refractivity (Wildman–Crippen MR) is 66.7 cm³/mol. The highest BCUT2D eigenvalue weighted by Crippen LogP contribution is 2.08. The first-order chi connectivity index (χ1) is 7.74. The van der Waals surface area contributed by atoms with Gasteiger partial charge in [0.1, 0.15) is 0 Å². The van der Waals surface area contributed by atoms with Crippen LogP contribution in [-0.4, -0.2) is 10.9 Å². The number of amides is 1.